The van der Waals surface area contributed by atoms with E-state index in [1.54, 1.807) is 12.1 Å². The third-order valence-corrected chi connectivity index (χ3v) is 5.28. The van der Waals surface area contributed by atoms with E-state index in [9.17, 15) is 13.2 Å². The molecule has 1 N–H and O–H groups in total. The van der Waals surface area contributed by atoms with Crippen LogP contribution < -0.4 is 5.32 Å². The average molecular weight is 326 g/mol. The molecule has 1 aliphatic heterocycles. The van der Waals surface area contributed by atoms with E-state index in [1.807, 2.05) is 0 Å². The van der Waals surface area contributed by atoms with Crippen LogP contribution in [0.1, 0.15) is 12.8 Å². The maximum absolute atomic E-state index is 12.0. The van der Waals surface area contributed by atoms with Crippen molar-refractivity contribution in [3.05, 3.63) is 18.2 Å². The van der Waals surface area contributed by atoms with Crippen molar-refractivity contribution in [2.24, 2.45) is 0 Å². The molecule has 8 heteroatoms. The van der Waals surface area contributed by atoms with Gasteiger partial charge in [-0.1, -0.05) is 11.3 Å². The molecular weight excluding hydrogens is 312 g/mol. The van der Waals surface area contributed by atoms with Crippen LogP contribution in [0.4, 0.5) is 5.13 Å². The van der Waals surface area contributed by atoms with Gasteiger partial charge in [0.15, 0.2) is 15.0 Å². The molecule has 1 aliphatic rings. The van der Waals surface area contributed by atoms with E-state index in [0.717, 1.165) is 23.8 Å². The fourth-order valence-corrected chi connectivity index (χ4v) is 3.79. The van der Waals surface area contributed by atoms with Crippen molar-refractivity contribution >= 4 is 42.4 Å². The highest BCUT2D eigenvalue weighted by molar-refractivity contribution is 7.90. The molecule has 0 unspecified atom stereocenters. The minimum Gasteiger partial charge on any atom is -0.368 e. The van der Waals surface area contributed by atoms with Crippen LogP contribution in [-0.4, -0.2) is 38.3 Å². The molecule has 1 aromatic heterocycles. The van der Waals surface area contributed by atoms with Crippen LogP contribution in [0.3, 0.4) is 0 Å². The minimum absolute atomic E-state index is 0.199. The maximum Gasteiger partial charge on any atom is 0.255 e. The number of nitrogens with zero attached hydrogens (tertiary/aromatic N) is 1. The molecule has 3 rings (SSSR count). The zero-order valence-corrected chi connectivity index (χ0v) is 13.0. The van der Waals surface area contributed by atoms with Crippen molar-refractivity contribution in [2.45, 2.75) is 23.8 Å². The van der Waals surface area contributed by atoms with Crippen LogP contribution in [0, 0.1) is 0 Å². The van der Waals surface area contributed by atoms with Crippen molar-refractivity contribution < 1.29 is 17.9 Å². The van der Waals surface area contributed by atoms with Crippen LogP contribution in [0.25, 0.3) is 10.2 Å². The zero-order chi connectivity index (χ0) is 15.0. The molecule has 0 bridgehead atoms. The van der Waals surface area contributed by atoms with Crippen LogP contribution in [0.5, 0.6) is 0 Å². The second-order valence-corrected chi connectivity index (χ2v) is 7.96. The van der Waals surface area contributed by atoms with Gasteiger partial charge >= 0.3 is 0 Å². The first-order valence-electron chi connectivity index (χ1n) is 6.46. The van der Waals surface area contributed by atoms with E-state index >= 15 is 0 Å². The molecule has 0 saturated carbocycles. The first-order chi connectivity index (χ1) is 9.93. The first kappa shape index (κ1) is 14.4. The number of nitrogens with one attached hydrogen (secondary N) is 1. The van der Waals surface area contributed by atoms with Gasteiger partial charge in [0.05, 0.1) is 15.1 Å². The van der Waals surface area contributed by atoms with Gasteiger partial charge in [-0.05, 0) is 31.0 Å². The Morgan fingerprint density at radius 2 is 2.29 bits per heavy atom. The van der Waals surface area contributed by atoms with Gasteiger partial charge in [-0.3, -0.25) is 10.1 Å². The topological polar surface area (TPSA) is 85.4 Å². The van der Waals surface area contributed by atoms with Gasteiger partial charge in [-0.25, -0.2) is 13.4 Å². The minimum atomic E-state index is -3.25. The molecule has 1 saturated heterocycles. The van der Waals surface area contributed by atoms with Crippen molar-refractivity contribution in [1.29, 1.82) is 0 Å². The third-order valence-electron chi connectivity index (χ3n) is 3.24. The van der Waals surface area contributed by atoms with Gasteiger partial charge in [0.2, 0.25) is 0 Å². The average Bonchev–Trinajstić information content (AvgIpc) is 3.05. The highest BCUT2D eigenvalue weighted by Gasteiger charge is 2.24. The summed E-state index contributed by atoms with van der Waals surface area (Å²) in [5, 5.41) is 3.18. The summed E-state index contributed by atoms with van der Waals surface area (Å²) in [5.74, 6) is -0.199. The number of anilines is 1. The number of aromatic nitrogens is 1. The molecule has 0 spiro atoms. The molecule has 0 radical (unpaired) electrons. The maximum atomic E-state index is 12.0. The standard InChI is InChI=1S/C13H14N2O4S2/c1-21(17,18)8-4-5-9-11(7-8)20-13(14-9)15-12(16)10-3-2-6-19-10/h4-5,7,10H,2-3,6H2,1H3,(H,14,15,16)/t10-/m0/s1. The summed E-state index contributed by atoms with van der Waals surface area (Å²) in [4.78, 5) is 16.5. The molecule has 2 aromatic rings. The summed E-state index contributed by atoms with van der Waals surface area (Å²) in [6.45, 7) is 0.607. The molecule has 1 fully saturated rings. The van der Waals surface area contributed by atoms with Gasteiger partial charge in [-0.2, -0.15) is 0 Å². The Morgan fingerprint density at radius 1 is 1.48 bits per heavy atom. The van der Waals surface area contributed by atoms with Gasteiger partial charge in [-0.15, -0.1) is 0 Å². The number of ether oxygens (including phenoxy) is 1. The fraction of sp³-hybridized carbons (Fsp3) is 0.385. The molecule has 6 nitrogen and oxygen atoms in total. The lowest BCUT2D eigenvalue weighted by atomic mass is 10.2. The van der Waals surface area contributed by atoms with Crippen LogP contribution >= 0.6 is 11.3 Å². The molecule has 0 aliphatic carbocycles. The van der Waals surface area contributed by atoms with Gasteiger partial charge in [0.1, 0.15) is 6.10 Å². The summed E-state index contributed by atoms with van der Waals surface area (Å²) in [6.07, 6.45) is 2.35. The van der Waals surface area contributed by atoms with E-state index in [0.29, 0.717) is 17.3 Å². The summed E-state index contributed by atoms with van der Waals surface area (Å²) in [5.41, 5.74) is 0.662. The van der Waals surface area contributed by atoms with Gasteiger partial charge < -0.3 is 4.74 Å². The highest BCUT2D eigenvalue weighted by Crippen LogP contribution is 2.28. The van der Waals surface area contributed by atoms with Crippen molar-refractivity contribution in [2.75, 3.05) is 18.2 Å². The lowest BCUT2D eigenvalue weighted by molar-refractivity contribution is -0.124. The molecular formula is C13H14N2O4S2. The normalized spacial score (nSPS) is 19.0. The van der Waals surface area contributed by atoms with E-state index in [1.165, 1.54) is 17.4 Å². The Kier molecular flexibility index (Phi) is 3.68. The van der Waals surface area contributed by atoms with Crippen molar-refractivity contribution in [3.63, 3.8) is 0 Å². The largest absolute Gasteiger partial charge is 0.368 e. The molecule has 1 atom stereocenters. The quantitative estimate of drug-likeness (QED) is 0.930. The van der Waals surface area contributed by atoms with E-state index < -0.39 is 15.9 Å². The van der Waals surface area contributed by atoms with Crippen molar-refractivity contribution in [1.82, 2.24) is 4.98 Å². The predicted molar refractivity (Wildman–Crippen MR) is 80.3 cm³/mol. The smallest absolute Gasteiger partial charge is 0.255 e. The number of thiazole rings is 1. The summed E-state index contributed by atoms with van der Waals surface area (Å²) in [7, 11) is -3.25. The Bertz CT molecular complexity index is 792. The molecule has 2 heterocycles. The summed E-state index contributed by atoms with van der Waals surface area (Å²) < 4.78 is 29.1. The van der Waals surface area contributed by atoms with Gasteiger partial charge in [0.25, 0.3) is 5.91 Å². The first-order valence-corrected chi connectivity index (χ1v) is 9.17. The molecule has 1 aromatic carbocycles. The Hall–Kier alpha value is -1.51. The number of carbonyl (C=O) groups is 1. The Labute approximate surface area is 126 Å². The summed E-state index contributed by atoms with van der Waals surface area (Å²) in [6, 6.07) is 4.73. The third kappa shape index (κ3) is 3.07. The molecule has 21 heavy (non-hydrogen) atoms. The van der Waals surface area contributed by atoms with Gasteiger partial charge in [0, 0.05) is 12.9 Å². The number of benzene rings is 1. The summed E-state index contributed by atoms with van der Waals surface area (Å²) >= 11 is 1.25. The number of rotatable bonds is 3. The number of hydrogen-bond acceptors (Lipinski definition) is 6. The predicted octanol–water partition coefficient (Wildman–Crippen LogP) is 1.82. The monoisotopic (exact) mass is 326 g/mol. The van der Waals surface area contributed by atoms with Crippen LogP contribution in [0.2, 0.25) is 0 Å². The fourth-order valence-electron chi connectivity index (χ4n) is 2.16. The van der Waals surface area contributed by atoms with E-state index in [4.69, 9.17) is 4.74 Å². The number of fused-ring (bicyclic) bond motifs is 1. The second-order valence-electron chi connectivity index (χ2n) is 4.91. The lowest BCUT2D eigenvalue weighted by Gasteiger charge is -2.07. The number of amides is 1. The SMILES string of the molecule is CS(=O)(=O)c1ccc2nc(NC(=O)[C@@H]3CCCO3)sc2c1. The second kappa shape index (κ2) is 5.36. The van der Waals surface area contributed by atoms with Crippen LogP contribution in [-0.2, 0) is 19.4 Å². The van der Waals surface area contributed by atoms with Crippen molar-refractivity contribution in [3.8, 4) is 0 Å². The lowest BCUT2D eigenvalue weighted by Crippen LogP contribution is -2.26. The number of sulfone groups is 1. The number of carbonyl (C=O) groups excluding carboxylic acids is 1. The highest BCUT2D eigenvalue weighted by atomic mass is 32.2. The number of hydrogen-bond donors (Lipinski definition) is 1. The molecule has 112 valence electrons. The van der Waals surface area contributed by atoms with Crippen LogP contribution in [0.15, 0.2) is 23.1 Å². The Balaban J connectivity index is 1.85. The van der Waals surface area contributed by atoms with E-state index in [2.05, 4.69) is 10.3 Å². The van der Waals surface area contributed by atoms with E-state index in [-0.39, 0.29) is 10.8 Å². The molecule has 1 amide bonds. The Morgan fingerprint density at radius 3 is 2.95 bits per heavy atom. The zero-order valence-electron chi connectivity index (χ0n) is 11.3.